The SMILES string of the molecule is CC1CCC(C(C)C)C(OCC(CO)OC(=O)O)C1. The first-order chi connectivity index (χ1) is 8.93. The number of aliphatic hydroxyl groups is 1. The molecule has 0 aromatic carbocycles. The number of hydrogen-bond donors (Lipinski definition) is 2. The van der Waals surface area contributed by atoms with Crippen LogP contribution in [0.2, 0.25) is 0 Å². The van der Waals surface area contributed by atoms with Crippen LogP contribution in [0.5, 0.6) is 0 Å². The van der Waals surface area contributed by atoms with Crippen LogP contribution in [-0.4, -0.2) is 41.8 Å². The fraction of sp³-hybridized carbons (Fsp3) is 0.929. The predicted octanol–water partition coefficient (Wildman–Crippen LogP) is 2.52. The summed E-state index contributed by atoms with van der Waals surface area (Å²) < 4.78 is 10.4. The minimum Gasteiger partial charge on any atom is -0.450 e. The van der Waals surface area contributed by atoms with Crippen molar-refractivity contribution in [3.05, 3.63) is 0 Å². The van der Waals surface area contributed by atoms with Crippen LogP contribution < -0.4 is 0 Å². The molecule has 5 nitrogen and oxygen atoms in total. The molecule has 1 saturated carbocycles. The Morgan fingerprint density at radius 3 is 2.58 bits per heavy atom. The van der Waals surface area contributed by atoms with Crippen LogP contribution in [0, 0.1) is 17.8 Å². The Labute approximate surface area is 114 Å². The molecule has 5 heteroatoms. The van der Waals surface area contributed by atoms with E-state index in [-0.39, 0.29) is 19.3 Å². The number of rotatable bonds is 6. The van der Waals surface area contributed by atoms with Gasteiger partial charge in [-0.25, -0.2) is 4.79 Å². The van der Waals surface area contributed by atoms with Crippen LogP contribution in [0.4, 0.5) is 4.79 Å². The summed E-state index contributed by atoms with van der Waals surface area (Å²) in [6.07, 6.45) is 1.33. The molecule has 1 aliphatic rings. The fourth-order valence-electron chi connectivity index (χ4n) is 2.80. The third-order valence-corrected chi connectivity index (χ3v) is 3.93. The standard InChI is InChI=1S/C14H26O5/c1-9(2)12-5-4-10(3)6-13(12)18-8-11(7-15)19-14(16)17/h9-13,15H,4-8H2,1-3H3,(H,16,17). The van der Waals surface area contributed by atoms with Gasteiger partial charge in [-0.1, -0.05) is 27.2 Å². The summed E-state index contributed by atoms with van der Waals surface area (Å²) >= 11 is 0. The van der Waals surface area contributed by atoms with E-state index in [2.05, 4.69) is 25.5 Å². The van der Waals surface area contributed by atoms with Crippen molar-refractivity contribution in [2.45, 2.75) is 52.2 Å². The number of ether oxygens (including phenoxy) is 2. The molecule has 1 rings (SSSR count). The van der Waals surface area contributed by atoms with Gasteiger partial charge in [-0.15, -0.1) is 0 Å². The molecule has 2 N–H and O–H groups in total. The molecule has 0 radical (unpaired) electrons. The lowest BCUT2D eigenvalue weighted by molar-refractivity contribution is -0.0858. The van der Waals surface area contributed by atoms with Crippen molar-refractivity contribution < 1.29 is 24.5 Å². The third kappa shape index (κ3) is 5.37. The molecule has 0 aromatic heterocycles. The molecule has 0 saturated heterocycles. The summed E-state index contributed by atoms with van der Waals surface area (Å²) in [5.41, 5.74) is 0. The van der Waals surface area contributed by atoms with Gasteiger partial charge in [-0.05, 0) is 30.6 Å². The number of carbonyl (C=O) groups is 1. The lowest BCUT2D eigenvalue weighted by Crippen LogP contribution is -2.37. The van der Waals surface area contributed by atoms with Gasteiger partial charge in [0.2, 0.25) is 0 Å². The lowest BCUT2D eigenvalue weighted by Gasteiger charge is -2.37. The maximum absolute atomic E-state index is 10.5. The Bertz CT molecular complexity index is 279. The molecule has 0 aromatic rings. The summed E-state index contributed by atoms with van der Waals surface area (Å²) in [4.78, 5) is 10.5. The van der Waals surface area contributed by atoms with E-state index >= 15 is 0 Å². The number of hydrogen-bond acceptors (Lipinski definition) is 4. The maximum Gasteiger partial charge on any atom is 0.506 e. The number of carboxylic acid groups (broad SMARTS) is 1. The van der Waals surface area contributed by atoms with Gasteiger partial charge in [0, 0.05) is 0 Å². The van der Waals surface area contributed by atoms with Crippen LogP contribution in [0.3, 0.4) is 0 Å². The van der Waals surface area contributed by atoms with Gasteiger partial charge in [0.05, 0.1) is 19.3 Å². The number of aliphatic hydroxyl groups excluding tert-OH is 1. The van der Waals surface area contributed by atoms with Gasteiger partial charge >= 0.3 is 6.16 Å². The van der Waals surface area contributed by atoms with Crippen molar-refractivity contribution in [3.63, 3.8) is 0 Å². The largest absolute Gasteiger partial charge is 0.506 e. The quantitative estimate of drug-likeness (QED) is 0.728. The van der Waals surface area contributed by atoms with Crippen LogP contribution in [0.15, 0.2) is 0 Å². The highest BCUT2D eigenvalue weighted by Crippen LogP contribution is 2.35. The minimum atomic E-state index is -1.37. The molecular formula is C14H26O5. The molecule has 0 amide bonds. The molecule has 1 aliphatic carbocycles. The van der Waals surface area contributed by atoms with Gasteiger partial charge in [0.15, 0.2) is 6.10 Å². The van der Waals surface area contributed by atoms with Crippen molar-refractivity contribution >= 4 is 6.16 Å². The van der Waals surface area contributed by atoms with Gasteiger partial charge in [-0.3, -0.25) is 0 Å². The minimum absolute atomic E-state index is 0.128. The van der Waals surface area contributed by atoms with Crippen molar-refractivity contribution in [1.82, 2.24) is 0 Å². The first-order valence-corrected chi connectivity index (χ1v) is 7.06. The molecular weight excluding hydrogens is 248 g/mol. The molecule has 1 fully saturated rings. The van der Waals surface area contributed by atoms with Gasteiger partial charge in [0.1, 0.15) is 0 Å². The second kappa shape index (κ2) is 7.70. The summed E-state index contributed by atoms with van der Waals surface area (Å²) in [5, 5.41) is 17.6. The molecule has 19 heavy (non-hydrogen) atoms. The smallest absolute Gasteiger partial charge is 0.450 e. The van der Waals surface area contributed by atoms with Crippen molar-refractivity contribution in [3.8, 4) is 0 Å². The fourth-order valence-corrected chi connectivity index (χ4v) is 2.80. The van der Waals surface area contributed by atoms with E-state index in [9.17, 15) is 4.79 Å². The average Bonchev–Trinajstić information content (AvgIpc) is 2.33. The third-order valence-electron chi connectivity index (χ3n) is 3.93. The van der Waals surface area contributed by atoms with E-state index in [0.717, 1.165) is 12.8 Å². The van der Waals surface area contributed by atoms with Crippen LogP contribution in [0.25, 0.3) is 0 Å². The topological polar surface area (TPSA) is 76.0 Å². The van der Waals surface area contributed by atoms with E-state index in [0.29, 0.717) is 17.8 Å². The normalized spacial score (nSPS) is 29.2. The molecule has 112 valence electrons. The maximum atomic E-state index is 10.5. The Balaban J connectivity index is 2.49. The molecule has 4 atom stereocenters. The van der Waals surface area contributed by atoms with E-state index in [4.69, 9.17) is 14.9 Å². The van der Waals surface area contributed by atoms with E-state index in [1.54, 1.807) is 0 Å². The zero-order valence-corrected chi connectivity index (χ0v) is 12.0. The molecule has 0 aliphatic heterocycles. The van der Waals surface area contributed by atoms with Crippen molar-refractivity contribution in [2.75, 3.05) is 13.2 Å². The highest BCUT2D eigenvalue weighted by molar-refractivity contribution is 5.57. The second-order valence-electron chi connectivity index (χ2n) is 5.89. The van der Waals surface area contributed by atoms with Crippen molar-refractivity contribution in [1.29, 1.82) is 0 Å². The zero-order valence-electron chi connectivity index (χ0n) is 12.0. The summed E-state index contributed by atoms with van der Waals surface area (Å²) in [5.74, 6) is 1.68. The first kappa shape index (κ1) is 16.2. The Kier molecular flexibility index (Phi) is 6.58. The first-order valence-electron chi connectivity index (χ1n) is 7.06. The lowest BCUT2D eigenvalue weighted by atomic mass is 9.75. The van der Waals surface area contributed by atoms with Crippen molar-refractivity contribution in [2.24, 2.45) is 17.8 Å². The molecule has 0 bridgehead atoms. The summed E-state index contributed by atoms with van der Waals surface area (Å²) in [6, 6.07) is 0. The van der Waals surface area contributed by atoms with Crippen LogP contribution >= 0.6 is 0 Å². The Hall–Kier alpha value is -0.810. The average molecular weight is 274 g/mol. The predicted molar refractivity (Wildman–Crippen MR) is 71.1 cm³/mol. The van der Waals surface area contributed by atoms with E-state index < -0.39 is 12.3 Å². The molecule has 4 unspecified atom stereocenters. The van der Waals surface area contributed by atoms with Crippen LogP contribution in [0.1, 0.15) is 40.0 Å². The van der Waals surface area contributed by atoms with Gasteiger partial charge in [-0.2, -0.15) is 0 Å². The second-order valence-corrected chi connectivity index (χ2v) is 5.89. The van der Waals surface area contributed by atoms with E-state index in [1.807, 2.05) is 0 Å². The monoisotopic (exact) mass is 274 g/mol. The highest BCUT2D eigenvalue weighted by Gasteiger charge is 2.32. The molecule has 0 spiro atoms. The van der Waals surface area contributed by atoms with Gasteiger partial charge in [0.25, 0.3) is 0 Å². The zero-order chi connectivity index (χ0) is 14.4. The van der Waals surface area contributed by atoms with Gasteiger partial charge < -0.3 is 19.7 Å². The Morgan fingerprint density at radius 2 is 2.05 bits per heavy atom. The van der Waals surface area contributed by atoms with E-state index in [1.165, 1.54) is 6.42 Å². The summed E-state index contributed by atoms with van der Waals surface area (Å²) in [7, 11) is 0. The Morgan fingerprint density at radius 1 is 1.37 bits per heavy atom. The summed E-state index contributed by atoms with van der Waals surface area (Å²) in [6.45, 7) is 6.37. The van der Waals surface area contributed by atoms with Crippen LogP contribution in [-0.2, 0) is 9.47 Å². The highest BCUT2D eigenvalue weighted by atomic mass is 16.7. The molecule has 0 heterocycles.